The second-order valence-corrected chi connectivity index (χ2v) is 22.6. The van der Waals surface area contributed by atoms with E-state index in [2.05, 4.69) is 38.3 Å². The number of likely N-dealkylation sites (N-methyl/N-ethyl adjacent to an activating group) is 1. The van der Waals surface area contributed by atoms with Crippen molar-refractivity contribution in [1.82, 2.24) is 15.1 Å². The van der Waals surface area contributed by atoms with Crippen molar-refractivity contribution in [3.8, 4) is 0 Å². The highest BCUT2D eigenvalue weighted by Crippen LogP contribution is 2.38. The minimum atomic E-state index is -0.200. The van der Waals surface area contributed by atoms with Gasteiger partial charge in [-0.2, -0.15) is 0 Å². The van der Waals surface area contributed by atoms with Crippen LogP contribution in [0.1, 0.15) is 280 Å². The third-order valence-electron chi connectivity index (χ3n) is 14.6. The molecule has 0 radical (unpaired) electrons. The van der Waals surface area contributed by atoms with Crippen LogP contribution in [0.3, 0.4) is 0 Å². The molecule has 1 aromatic rings. The molecule has 2 heterocycles. The fraction of sp³-hybridized carbons (Fsp3) is 0.850. The molecule has 2 rings (SSSR count). The number of rotatable bonds is 47. The van der Waals surface area contributed by atoms with Crippen LogP contribution in [0.2, 0.25) is 0 Å². The minimum absolute atomic E-state index is 0.00452. The number of carbonyl (C=O) groups is 5. The lowest BCUT2D eigenvalue weighted by Gasteiger charge is -2.27. The van der Waals surface area contributed by atoms with Gasteiger partial charge < -0.3 is 29.9 Å². The zero-order chi connectivity index (χ0) is 52.4. The van der Waals surface area contributed by atoms with Crippen molar-refractivity contribution in [1.29, 1.82) is 0 Å². The smallest absolute Gasteiger partial charge is 0.308 e. The molecule has 0 saturated carbocycles. The van der Waals surface area contributed by atoms with Gasteiger partial charge >= 0.3 is 11.9 Å². The van der Waals surface area contributed by atoms with Crippen LogP contribution in [0.4, 0.5) is 5.00 Å². The molecule has 12 heteroatoms. The number of nitrogens with one attached hydrogen (secondary N) is 2. The van der Waals surface area contributed by atoms with Crippen LogP contribution in [0.5, 0.6) is 0 Å². The molecule has 0 spiro atoms. The quantitative estimate of drug-likeness (QED) is 0.0487. The van der Waals surface area contributed by atoms with Gasteiger partial charge in [0.2, 0.25) is 11.8 Å². The Morgan fingerprint density at radius 3 is 1.42 bits per heavy atom. The Morgan fingerprint density at radius 2 is 0.972 bits per heavy atom. The first-order valence-corrected chi connectivity index (χ1v) is 30.9. The third kappa shape index (κ3) is 30.4. The molecule has 0 unspecified atom stereocenters. The van der Waals surface area contributed by atoms with Crippen molar-refractivity contribution >= 4 is 46.0 Å². The highest BCUT2D eigenvalue weighted by atomic mass is 32.1. The number of fused-ring (bicyclic) bond motifs is 1. The number of esters is 2. The van der Waals surface area contributed by atoms with Gasteiger partial charge in [-0.25, -0.2) is 0 Å². The third-order valence-corrected chi connectivity index (χ3v) is 15.7. The second kappa shape index (κ2) is 43.3. The maximum atomic E-state index is 13.7. The Hall–Kier alpha value is -2.99. The van der Waals surface area contributed by atoms with Crippen molar-refractivity contribution in [2.75, 3.05) is 52.3 Å². The van der Waals surface area contributed by atoms with E-state index in [0.717, 1.165) is 87.5 Å². The van der Waals surface area contributed by atoms with Crippen LogP contribution < -0.4 is 10.6 Å². The lowest BCUT2D eigenvalue weighted by atomic mass is 9.94. The second-order valence-electron chi connectivity index (χ2n) is 21.5. The van der Waals surface area contributed by atoms with E-state index in [9.17, 15) is 24.0 Å². The molecule has 1 aliphatic rings. The molecule has 3 amide bonds. The maximum Gasteiger partial charge on any atom is 0.308 e. The first-order chi connectivity index (χ1) is 35.1. The average Bonchev–Trinajstić information content (AvgIpc) is 3.72. The summed E-state index contributed by atoms with van der Waals surface area (Å²) in [7, 11) is 3.93. The van der Waals surface area contributed by atoms with Gasteiger partial charge in [-0.3, -0.25) is 24.0 Å². The predicted molar refractivity (Wildman–Crippen MR) is 301 cm³/mol. The van der Waals surface area contributed by atoms with Gasteiger partial charge in [0.25, 0.3) is 5.91 Å². The van der Waals surface area contributed by atoms with Crippen LogP contribution in [0.25, 0.3) is 0 Å². The van der Waals surface area contributed by atoms with Crippen molar-refractivity contribution in [2.45, 2.75) is 272 Å². The molecule has 0 bridgehead atoms. The summed E-state index contributed by atoms with van der Waals surface area (Å²) in [6.07, 6.45) is 38.6. The summed E-state index contributed by atoms with van der Waals surface area (Å²) in [6.45, 7) is 11.8. The molecule has 0 atom stereocenters. The molecular weight excluding hydrogens is 921 g/mol. The van der Waals surface area contributed by atoms with Gasteiger partial charge in [-0.05, 0) is 90.3 Å². The monoisotopic (exact) mass is 1030 g/mol. The number of ether oxygens (including phenoxy) is 2. The molecule has 72 heavy (non-hydrogen) atoms. The van der Waals surface area contributed by atoms with Crippen LogP contribution >= 0.6 is 11.3 Å². The van der Waals surface area contributed by atoms with Crippen molar-refractivity contribution < 1.29 is 33.4 Å². The molecule has 2 N–H and O–H groups in total. The summed E-state index contributed by atoms with van der Waals surface area (Å²) < 4.78 is 11.7. The summed E-state index contributed by atoms with van der Waals surface area (Å²) >= 11 is 1.41. The van der Waals surface area contributed by atoms with Crippen LogP contribution in [0.15, 0.2) is 0 Å². The fourth-order valence-electron chi connectivity index (χ4n) is 9.92. The average molecular weight is 1030 g/mol. The van der Waals surface area contributed by atoms with Crippen molar-refractivity contribution in [3.63, 3.8) is 0 Å². The molecule has 1 aliphatic heterocycles. The van der Waals surface area contributed by atoms with Crippen LogP contribution in [0, 0.1) is 11.8 Å². The highest BCUT2D eigenvalue weighted by molar-refractivity contribution is 7.17. The summed E-state index contributed by atoms with van der Waals surface area (Å²) in [6, 6.07) is 0. The number of hydrogen-bond acceptors (Lipinski definition) is 9. The Morgan fingerprint density at radius 1 is 0.556 bits per heavy atom. The fourth-order valence-corrected chi connectivity index (χ4v) is 11.2. The Kier molecular flexibility index (Phi) is 39.1. The normalized spacial score (nSPS) is 12.5. The number of hydrogen-bond donors (Lipinski definition) is 2. The molecule has 11 nitrogen and oxygen atoms in total. The van der Waals surface area contributed by atoms with E-state index in [1.807, 2.05) is 23.9 Å². The zero-order valence-corrected chi connectivity index (χ0v) is 48.0. The largest absolute Gasteiger partial charge is 0.465 e. The molecule has 0 saturated heterocycles. The first kappa shape index (κ1) is 65.1. The molecule has 0 fully saturated rings. The van der Waals surface area contributed by atoms with E-state index in [4.69, 9.17) is 9.47 Å². The van der Waals surface area contributed by atoms with Gasteiger partial charge in [0.1, 0.15) is 5.00 Å². The number of thiophene rings is 1. The van der Waals surface area contributed by atoms with Gasteiger partial charge in [-0.15, -0.1) is 11.3 Å². The number of amides is 3. The summed E-state index contributed by atoms with van der Waals surface area (Å²) in [5, 5.41) is 6.68. The zero-order valence-electron chi connectivity index (χ0n) is 47.2. The lowest BCUT2D eigenvalue weighted by Crippen LogP contribution is -2.36. The van der Waals surface area contributed by atoms with Gasteiger partial charge in [0.15, 0.2) is 0 Å². The number of nitrogens with zero attached hydrogens (tertiary/aromatic N) is 2. The first-order valence-electron chi connectivity index (χ1n) is 30.0. The molecule has 416 valence electrons. The molecule has 0 aromatic carbocycles. The highest BCUT2D eigenvalue weighted by Gasteiger charge is 2.30. The maximum absolute atomic E-state index is 13.7. The van der Waals surface area contributed by atoms with E-state index in [1.54, 1.807) is 0 Å². The SMILES string of the molecule is CCCCCCCCC(CCCCCCCC)C(=O)OCCCCCC(=O)Nc1sc2c(c1C(=O)NCCN(C)C)CCN(C(=O)CCCCCOC(=O)C(CCCCCCCC)CCCCCCCC)C2. The summed E-state index contributed by atoms with van der Waals surface area (Å²) in [5.74, 6) is -0.368. The molecule has 1 aromatic heterocycles. The van der Waals surface area contributed by atoms with E-state index < -0.39 is 0 Å². The van der Waals surface area contributed by atoms with Crippen LogP contribution in [-0.4, -0.2) is 86.4 Å². The Balaban J connectivity index is 1.87. The topological polar surface area (TPSA) is 134 Å². The van der Waals surface area contributed by atoms with Gasteiger partial charge in [0.05, 0.1) is 37.2 Å². The van der Waals surface area contributed by atoms with E-state index in [0.29, 0.717) is 82.1 Å². The standard InChI is InChI=1S/C60H108N4O7S/c1-7-11-15-19-23-29-37-50(38-30-24-20-16-12-8-2)59(68)70-47-35-27-33-41-54(65)62-58-56(57(67)61-44-46-63(5)6)52-43-45-64(49-53(52)72-58)55(66)42-34-28-36-48-71-60(69)51(39-31-25-21-17-13-9-3)40-32-26-22-18-14-10-4/h50-51H,7-49H2,1-6H3,(H,61,67)(H,62,65). The summed E-state index contributed by atoms with van der Waals surface area (Å²) in [4.78, 5) is 71.8. The van der Waals surface area contributed by atoms with E-state index >= 15 is 0 Å². The minimum Gasteiger partial charge on any atom is -0.465 e. The lowest BCUT2D eigenvalue weighted by molar-refractivity contribution is -0.150. The summed E-state index contributed by atoms with van der Waals surface area (Å²) in [5.41, 5.74) is 1.44. The predicted octanol–water partition coefficient (Wildman–Crippen LogP) is 15.3. The van der Waals surface area contributed by atoms with Crippen LogP contribution in [-0.2, 0) is 41.6 Å². The Labute approximate surface area is 444 Å². The van der Waals surface area contributed by atoms with Gasteiger partial charge in [0, 0.05) is 37.4 Å². The molecule has 0 aliphatic carbocycles. The van der Waals surface area contributed by atoms with E-state index in [-0.39, 0.29) is 41.5 Å². The number of anilines is 1. The molecular formula is C60H108N4O7S. The van der Waals surface area contributed by atoms with E-state index in [1.165, 1.54) is 140 Å². The number of carbonyl (C=O) groups excluding carboxylic acids is 5. The Bertz CT molecular complexity index is 1550. The van der Waals surface area contributed by atoms with Crippen molar-refractivity contribution in [2.24, 2.45) is 11.8 Å². The number of unbranched alkanes of at least 4 members (excludes halogenated alkanes) is 24. The van der Waals surface area contributed by atoms with Crippen molar-refractivity contribution in [3.05, 3.63) is 16.0 Å². The van der Waals surface area contributed by atoms with Gasteiger partial charge in [-0.1, -0.05) is 182 Å².